The van der Waals surface area contributed by atoms with Crippen LogP contribution in [0.4, 0.5) is 5.95 Å². The van der Waals surface area contributed by atoms with Gasteiger partial charge in [-0.2, -0.15) is 4.98 Å². The zero-order chi connectivity index (χ0) is 11.0. The van der Waals surface area contributed by atoms with Crippen LogP contribution in [0.15, 0.2) is 0 Å². The van der Waals surface area contributed by atoms with Crippen molar-refractivity contribution in [3.8, 4) is 0 Å². The average molecular weight is 245 g/mol. The summed E-state index contributed by atoms with van der Waals surface area (Å²) in [4.78, 5) is 17.1. The smallest absolute Gasteiger partial charge is 0.250 e. The van der Waals surface area contributed by atoms with Crippen molar-refractivity contribution >= 4 is 39.8 Å². The Kier molecular flexibility index (Phi) is 2.62. The summed E-state index contributed by atoms with van der Waals surface area (Å²) in [6, 6.07) is 0. The van der Waals surface area contributed by atoms with Crippen LogP contribution in [-0.2, 0) is 4.79 Å². The minimum absolute atomic E-state index is 0.0924. The summed E-state index contributed by atoms with van der Waals surface area (Å²) >= 11 is 6.90. The molecule has 0 radical (unpaired) electrons. The molecule has 0 aliphatic carbocycles. The second-order valence-electron chi connectivity index (χ2n) is 3.06. The molecule has 15 heavy (non-hydrogen) atoms. The van der Waals surface area contributed by atoms with Crippen molar-refractivity contribution in [3.05, 3.63) is 10.6 Å². The van der Waals surface area contributed by atoms with Crippen molar-refractivity contribution in [1.29, 1.82) is 0 Å². The standard InChI is InChI=1S/C8H9ClN4OS/c1-4-5(2)15-8-11-7(12-13(4)8)10-6(14)3-9/h3H2,1-2H3,(H,10,12,14). The minimum atomic E-state index is -0.302. The lowest BCUT2D eigenvalue weighted by Crippen LogP contribution is -2.13. The molecule has 7 heteroatoms. The second kappa shape index (κ2) is 3.79. The monoisotopic (exact) mass is 244 g/mol. The van der Waals surface area contributed by atoms with Crippen molar-refractivity contribution in [2.45, 2.75) is 13.8 Å². The van der Waals surface area contributed by atoms with Gasteiger partial charge in [-0.25, -0.2) is 4.52 Å². The summed E-state index contributed by atoms with van der Waals surface area (Å²) in [5, 5.41) is 6.65. The van der Waals surface area contributed by atoms with Crippen LogP contribution in [-0.4, -0.2) is 26.4 Å². The highest BCUT2D eigenvalue weighted by Gasteiger charge is 2.11. The van der Waals surface area contributed by atoms with E-state index in [9.17, 15) is 4.79 Å². The van der Waals surface area contributed by atoms with Gasteiger partial charge < -0.3 is 0 Å². The molecule has 2 aromatic heterocycles. The number of hydrogen-bond acceptors (Lipinski definition) is 4. The van der Waals surface area contributed by atoms with Gasteiger partial charge in [-0.1, -0.05) is 11.3 Å². The van der Waals surface area contributed by atoms with E-state index in [4.69, 9.17) is 11.6 Å². The molecule has 0 fully saturated rings. The van der Waals surface area contributed by atoms with Crippen molar-refractivity contribution in [2.24, 2.45) is 0 Å². The minimum Gasteiger partial charge on any atom is -0.292 e. The molecule has 80 valence electrons. The van der Waals surface area contributed by atoms with Gasteiger partial charge in [-0.3, -0.25) is 10.1 Å². The number of thiazole rings is 1. The van der Waals surface area contributed by atoms with Crippen LogP contribution >= 0.6 is 22.9 Å². The Hall–Kier alpha value is -1.14. The van der Waals surface area contributed by atoms with E-state index in [1.807, 2.05) is 13.8 Å². The fourth-order valence-electron chi connectivity index (χ4n) is 1.15. The summed E-state index contributed by atoms with van der Waals surface area (Å²) < 4.78 is 1.71. The van der Waals surface area contributed by atoms with Gasteiger partial charge in [0.2, 0.25) is 16.8 Å². The van der Waals surface area contributed by atoms with Gasteiger partial charge in [0, 0.05) is 4.88 Å². The molecule has 0 aliphatic heterocycles. The Bertz CT molecular complexity index is 518. The van der Waals surface area contributed by atoms with Gasteiger partial charge in [0.05, 0.1) is 5.69 Å². The molecule has 0 atom stereocenters. The predicted molar refractivity (Wildman–Crippen MR) is 59.7 cm³/mol. The Balaban J connectivity index is 2.36. The number of aryl methyl sites for hydroxylation is 2. The SMILES string of the molecule is Cc1sc2nc(NC(=O)CCl)nn2c1C. The number of nitrogens with one attached hydrogen (secondary N) is 1. The van der Waals surface area contributed by atoms with Crippen LogP contribution in [0, 0.1) is 13.8 Å². The molecule has 1 N–H and O–H groups in total. The maximum atomic E-state index is 11.0. The Morgan fingerprint density at radius 2 is 2.33 bits per heavy atom. The van der Waals surface area contributed by atoms with Crippen LogP contribution < -0.4 is 5.32 Å². The number of amides is 1. The first-order chi connectivity index (χ1) is 7.11. The van der Waals surface area contributed by atoms with E-state index in [0.717, 1.165) is 10.7 Å². The number of alkyl halides is 1. The van der Waals surface area contributed by atoms with Gasteiger partial charge in [0.25, 0.3) is 0 Å². The number of carbonyl (C=O) groups excluding carboxylic acids is 1. The third-order valence-electron chi connectivity index (χ3n) is 2.02. The largest absolute Gasteiger partial charge is 0.292 e. The molecule has 0 saturated carbocycles. The summed E-state index contributed by atoms with van der Waals surface area (Å²) in [6.07, 6.45) is 0. The normalized spacial score (nSPS) is 10.9. The number of aromatic nitrogens is 3. The van der Waals surface area contributed by atoms with Crippen LogP contribution in [0.3, 0.4) is 0 Å². The highest BCUT2D eigenvalue weighted by atomic mass is 35.5. The lowest BCUT2D eigenvalue weighted by Gasteiger charge is -1.94. The van der Waals surface area contributed by atoms with Gasteiger partial charge in [0.15, 0.2) is 0 Å². The zero-order valence-electron chi connectivity index (χ0n) is 8.24. The third-order valence-corrected chi connectivity index (χ3v) is 3.31. The molecule has 0 unspecified atom stereocenters. The maximum Gasteiger partial charge on any atom is 0.250 e. The Morgan fingerprint density at radius 3 is 2.93 bits per heavy atom. The van der Waals surface area contributed by atoms with Crippen molar-refractivity contribution in [1.82, 2.24) is 14.6 Å². The molecule has 0 aliphatic rings. The summed E-state index contributed by atoms with van der Waals surface area (Å²) in [5.41, 5.74) is 1.04. The summed E-state index contributed by atoms with van der Waals surface area (Å²) in [7, 11) is 0. The van der Waals surface area contributed by atoms with E-state index >= 15 is 0 Å². The van der Waals surface area contributed by atoms with Crippen LogP contribution in [0.5, 0.6) is 0 Å². The molecule has 0 saturated heterocycles. The Morgan fingerprint density at radius 1 is 1.60 bits per heavy atom. The van der Waals surface area contributed by atoms with E-state index in [1.165, 1.54) is 16.2 Å². The van der Waals surface area contributed by atoms with Gasteiger partial charge >= 0.3 is 0 Å². The lowest BCUT2D eigenvalue weighted by atomic mass is 10.4. The molecular formula is C8H9ClN4OS. The number of nitrogens with zero attached hydrogens (tertiary/aromatic N) is 3. The highest BCUT2D eigenvalue weighted by Crippen LogP contribution is 2.20. The maximum absolute atomic E-state index is 11.0. The number of halogens is 1. The van der Waals surface area contributed by atoms with Gasteiger partial charge in [-0.15, -0.1) is 16.7 Å². The quantitative estimate of drug-likeness (QED) is 0.816. The molecule has 2 heterocycles. The summed E-state index contributed by atoms with van der Waals surface area (Å²) in [6.45, 7) is 3.97. The Labute approximate surface area is 95.1 Å². The van der Waals surface area contributed by atoms with Crippen molar-refractivity contribution < 1.29 is 4.79 Å². The predicted octanol–water partition coefficient (Wildman–Crippen LogP) is 1.58. The lowest BCUT2D eigenvalue weighted by molar-refractivity contribution is -0.114. The molecule has 1 amide bonds. The van der Waals surface area contributed by atoms with Gasteiger partial charge in [-0.05, 0) is 13.8 Å². The van der Waals surface area contributed by atoms with E-state index < -0.39 is 0 Å². The first-order valence-corrected chi connectivity index (χ1v) is 5.65. The fourth-order valence-corrected chi connectivity index (χ4v) is 2.12. The van der Waals surface area contributed by atoms with E-state index in [-0.39, 0.29) is 11.8 Å². The molecule has 0 aromatic carbocycles. The number of rotatable bonds is 2. The first kappa shape index (κ1) is 10.4. The summed E-state index contributed by atoms with van der Waals surface area (Å²) in [5.74, 6) is -0.0930. The zero-order valence-corrected chi connectivity index (χ0v) is 9.82. The van der Waals surface area contributed by atoms with Crippen LogP contribution in [0.1, 0.15) is 10.6 Å². The average Bonchev–Trinajstić information content (AvgIpc) is 2.68. The highest BCUT2D eigenvalue weighted by molar-refractivity contribution is 7.17. The molecule has 2 rings (SSSR count). The van der Waals surface area contributed by atoms with E-state index in [2.05, 4.69) is 15.4 Å². The third kappa shape index (κ3) is 1.82. The van der Waals surface area contributed by atoms with Crippen LogP contribution in [0.25, 0.3) is 4.96 Å². The molecule has 5 nitrogen and oxygen atoms in total. The number of hydrogen-bond donors (Lipinski definition) is 1. The molecular weight excluding hydrogens is 236 g/mol. The van der Waals surface area contributed by atoms with Crippen LogP contribution in [0.2, 0.25) is 0 Å². The number of fused-ring (bicyclic) bond motifs is 1. The molecule has 0 bridgehead atoms. The van der Waals surface area contributed by atoms with Gasteiger partial charge in [0.1, 0.15) is 5.88 Å². The second-order valence-corrected chi connectivity index (χ2v) is 4.50. The van der Waals surface area contributed by atoms with Crippen molar-refractivity contribution in [3.63, 3.8) is 0 Å². The topological polar surface area (TPSA) is 59.3 Å². The number of carbonyl (C=O) groups is 1. The molecule has 0 spiro atoms. The number of anilines is 1. The van der Waals surface area contributed by atoms with E-state index in [0.29, 0.717) is 5.95 Å². The first-order valence-electron chi connectivity index (χ1n) is 4.30. The van der Waals surface area contributed by atoms with E-state index in [1.54, 1.807) is 4.52 Å². The fraction of sp³-hybridized carbons (Fsp3) is 0.375. The van der Waals surface area contributed by atoms with Crippen molar-refractivity contribution in [2.75, 3.05) is 11.2 Å². The molecule has 2 aromatic rings.